The third-order valence-electron chi connectivity index (χ3n) is 3.74. The molecule has 0 fully saturated rings. The normalized spacial score (nSPS) is 11.2. The molecule has 2 aromatic rings. The number of amides is 1. The number of carbonyl (C=O) groups excluding carboxylic acids is 1. The third-order valence-corrected chi connectivity index (χ3v) is 3.74. The van der Waals surface area contributed by atoms with E-state index < -0.39 is 5.97 Å². The van der Waals surface area contributed by atoms with Gasteiger partial charge in [0, 0.05) is 18.7 Å². The number of hydrogen-bond acceptors (Lipinski definition) is 3. The van der Waals surface area contributed by atoms with Crippen LogP contribution >= 0.6 is 0 Å². The van der Waals surface area contributed by atoms with Crippen molar-refractivity contribution in [2.75, 3.05) is 5.32 Å². The molecule has 23 heavy (non-hydrogen) atoms. The molecule has 0 saturated heterocycles. The summed E-state index contributed by atoms with van der Waals surface area (Å²) in [6.45, 7) is 3.99. The Bertz CT molecular complexity index is 677. The standard InChI is InChI=1S/C17H21N3O3/c1-17(2,13-6-4-3-5-7-13)10-8-15(21)18-14-9-11-20(19-14)12-16(22)23/h3-7,9,11H,8,10,12H2,1-2H3,(H,22,23)(H,18,19,21). The van der Waals surface area contributed by atoms with Gasteiger partial charge in [-0.3, -0.25) is 14.3 Å². The Kier molecular flexibility index (Phi) is 5.16. The zero-order valence-electron chi connectivity index (χ0n) is 13.3. The number of carboxylic acid groups (broad SMARTS) is 1. The van der Waals surface area contributed by atoms with Gasteiger partial charge in [-0.05, 0) is 17.4 Å². The highest BCUT2D eigenvalue weighted by Gasteiger charge is 2.21. The zero-order chi connectivity index (χ0) is 16.9. The Labute approximate surface area is 135 Å². The van der Waals surface area contributed by atoms with Crippen molar-refractivity contribution in [3.8, 4) is 0 Å². The Morgan fingerprint density at radius 1 is 1.22 bits per heavy atom. The number of rotatable bonds is 7. The Balaban J connectivity index is 1.87. The molecule has 1 aromatic heterocycles. The lowest BCUT2D eigenvalue weighted by Gasteiger charge is -2.24. The first-order chi connectivity index (χ1) is 10.9. The van der Waals surface area contributed by atoms with E-state index in [9.17, 15) is 9.59 Å². The fraction of sp³-hybridized carbons (Fsp3) is 0.353. The number of anilines is 1. The van der Waals surface area contributed by atoms with Crippen LogP contribution in [-0.4, -0.2) is 26.8 Å². The van der Waals surface area contributed by atoms with Crippen LogP contribution in [0.15, 0.2) is 42.6 Å². The van der Waals surface area contributed by atoms with Gasteiger partial charge >= 0.3 is 5.97 Å². The first kappa shape index (κ1) is 16.7. The van der Waals surface area contributed by atoms with Crippen molar-refractivity contribution in [2.45, 2.75) is 38.6 Å². The van der Waals surface area contributed by atoms with Crippen LogP contribution in [0.5, 0.6) is 0 Å². The molecule has 0 aliphatic carbocycles. The van der Waals surface area contributed by atoms with Crippen molar-refractivity contribution in [3.05, 3.63) is 48.2 Å². The molecule has 0 bridgehead atoms. The molecule has 1 heterocycles. The van der Waals surface area contributed by atoms with Crippen LogP contribution in [0, 0.1) is 0 Å². The molecular weight excluding hydrogens is 294 g/mol. The lowest BCUT2D eigenvalue weighted by Crippen LogP contribution is -2.21. The summed E-state index contributed by atoms with van der Waals surface area (Å²) in [5.41, 5.74) is 1.10. The first-order valence-corrected chi connectivity index (χ1v) is 7.47. The zero-order valence-corrected chi connectivity index (χ0v) is 13.3. The van der Waals surface area contributed by atoms with E-state index in [-0.39, 0.29) is 17.9 Å². The van der Waals surface area contributed by atoms with Gasteiger partial charge in [-0.1, -0.05) is 44.2 Å². The van der Waals surface area contributed by atoms with E-state index in [2.05, 4.69) is 36.4 Å². The minimum atomic E-state index is -0.976. The van der Waals surface area contributed by atoms with E-state index in [0.717, 1.165) is 0 Å². The van der Waals surface area contributed by atoms with Gasteiger partial charge < -0.3 is 10.4 Å². The summed E-state index contributed by atoms with van der Waals surface area (Å²) in [5.74, 6) is -0.737. The van der Waals surface area contributed by atoms with Crippen LogP contribution in [0.4, 0.5) is 5.82 Å². The molecule has 0 unspecified atom stereocenters. The number of aliphatic carboxylic acids is 1. The summed E-state index contributed by atoms with van der Waals surface area (Å²) in [4.78, 5) is 22.6. The molecule has 0 radical (unpaired) electrons. The molecule has 2 rings (SSSR count). The molecule has 6 heteroatoms. The van der Waals surface area contributed by atoms with Crippen molar-refractivity contribution in [3.63, 3.8) is 0 Å². The maximum Gasteiger partial charge on any atom is 0.325 e. The Hall–Kier alpha value is -2.63. The highest BCUT2D eigenvalue weighted by Crippen LogP contribution is 2.28. The summed E-state index contributed by atoms with van der Waals surface area (Å²) in [5, 5.41) is 15.4. The highest BCUT2D eigenvalue weighted by molar-refractivity contribution is 5.89. The van der Waals surface area contributed by atoms with Gasteiger partial charge in [0.15, 0.2) is 5.82 Å². The van der Waals surface area contributed by atoms with Gasteiger partial charge in [0.05, 0.1) is 0 Å². The third kappa shape index (κ3) is 4.95. The summed E-state index contributed by atoms with van der Waals surface area (Å²) < 4.78 is 1.27. The topological polar surface area (TPSA) is 84.2 Å². The lowest BCUT2D eigenvalue weighted by molar-refractivity contribution is -0.137. The van der Waals surface area contributed by atoms with Gasteiger partial charge in [0.1, 0.15) is 6.54 Å². The largest absolute Gasteiger partial charge is 0.480 e. The summed E-state index contributed by atoms with van der Waals surface area (Å²) in [7, 11) is 0. The molecule has 0 atom stereocenters. The van der Waals surface area contributed by atoms with Crippen molar-refractivity contribution in [1.29, 1.82) is 0 Å². The van der Waals surface area contributed by atoms with Gasteiger partial charge in [-0.2, -0.15) is 5.10 Å². The van der Waals surface area contributed by atoms with E-state index in [1.807, 2.05) is 18.2 Å². The smallest absolute Gasteiger partial charge is 0.325 e. The number of hydrogen-bond donors (Lipinski definition) is 2. The molecule has 0 spiro atoms. The molecule has 122 valence electrons. The first-order valence-electron chi connectivity index (χ1n) is 7.47. The predicted molar refractivity (Wildman–Crippen MR) is 87.2 cm³/mol. The highest BCUT2D eigenvalue weighted by atomic mass is 16.4. The van der Waals surface area contributed by atoms with Crippen LogP contribution in [0.3, 0.4) is 0 Å². The second kappa shape index (κ2) is 7.09. The number of carbonyl (C=O) groups is 2. The quantitative estimate of drug-likeness (QED) is 0.822. The molecule has 1 aromatic carbocycles. The van der Waals surface area contributed by atoms with Gasteiger partial charge in [-0.25, -0.2) is 0 Å². The summed E-state index contributed by atoms with van der Waals surface area (Å²) >= 11 is 0. The van der Waals surface area contributed by atoms with Gasteiger partial charge in [-0.15, -0.1) is 0 Å². The number of nitrogens with one attached hydrogen (secondary N) is 1. The lowest BCUT2D eigenvalue weighted by atomic mass is 9.80. The summed E-state index contributed by atoms with van der Waals surface area (Å²) in [6, 6.07) is 11.7. The van der Waals surface area contributed by atoms with Crippen molar-refractivity contribution in [2.24, 2.45) is 0 Å². The second-order valence-corrected chi connectivity index (χ2v) is 6.09. The van der Waals surface area contributed by atoms with Gasteiger partial charge in [0.2, 0.25) is 5.91 Å². The molecule has 6 nitrogen and oxygen atoms in total. The number of nitrogens with zero attached hydrogens (tertiary/aromatic N) is 2. The Morgan fingerprint density at radius 3 is 2.57 bits per heavy atom. The monoisotopic (exact) mass is 315 g/mol. The SMILES string of the molecule is CC(C)(CCC(=O)Nc1ccn(CC(=O)O)n1)c1ccccc1. The minimum Gasteiger partial charge on any atom is -0.480 e. The maximum atomic E-state index is 12.0. The molecule has 0 aliphatic heterocycles. The summed E-state index contributed by atoms with van der Waals surface area (Å²) in [6.07, 6.45) is 2.60. The van der Waals surface area contributed by atoms with Crippen LogP contribution in [0.2, 0.25) is 0 Å². The van der Waals surface area contributed by atoms with Crippen LogP contribution < -0.4 is 5.32 Å². The van der Waals surface area contributed by atoms with Crippen molar-refractivity contribution in [1.82, 2.24) is 9.78 Å². The fourth-order valence-electron chi connectivity index (χ4n) is 2.32. The average Bonchev–Trinajstić information content (AvgIpc) is 2.92. The van der Waals surface area contributed by atoms with E-state index in [1.165, 1.54) is 16.4 Å². The van der Waals surface area contributed by atoms with Crippen molar-refractivity contribution < 1.29 is 14.7 Å². The van der Waals surface area contributed by atoms with E-state index in [1.54, 1.807) is 6.07 Å². The van der Waals surface area contributed by atoms with Gasteiger partial charge in [0.25, 0.3) is 0 Å². The molecule has 0 saturated carbocycles. The Morgan fingerprint density at radius 2 is 1.91 bits per heavy atom. The van der Waals surface area contributed by atoms with Crippen LogP contribution in [0.1, 0.15) is 32.3 Å². The van der Waals surface area contributed by atoms with E-state index in [0.29, 0.717) is 18.7 Å². The average molecular weight is 315 g/mol. The minimum absolute atomic E-state index is 0.0960. The molecule has 2 N–H and O–H groups in total. The second-order valence-electron chi connectivity index (χ2n) is 6.09. The number of aromatic nitrogens is 2. The van der Waals surface area contributed by atoms with E-state index >= 15 is 0 Å². The molecule has 1 amide bonds. The predicted octanol–water partition coefficient (Wildman–Crippen LogP) is 2.66. The molecule has 0 aliphatic rings. The van der Waals surface area contributed by atoms with E-state index in [4.69, 9.17) is 5.11 Å². The fourth-order valence-corrected chi connectivity index (χ4v) is 2.32. The maximum absolute atomic E-state index is 12.0. The number of benzene rings is 1. The van der Waals surface area contributed by atoms with Crippen LogP contribution in [-0.2, 0) is 21.5 Å². The number of carboxylic acids is 1. The molecular formula is C17H21N3O3. The van der Waals surface area contributed by atoms with Crippen molar-refractivity contribution >= 4 is 17.7 Å². The van der Waals surface area contributed by atoms with Crippen LogP contribution in [0.25, 0.3) is 0 Å².